The highest BCUT2D eigenvalue weighted by Crippen LogP contribution is 2.13. The van der Waals surface area contributed by atoms with Crippen LogP contribution in [-0.2, 0) is 11.3 Å². The molecule has 1 fully saturated rings. The number of rotatable bonds is 5. The van der Waals surface area contributed by atoms with Gasteiger partial charge in [0, 0.05) is 24.6 Å². The van der Waals surface area contributed by atoms with Crippen molar-refractivity contribution in [3.63, 3.8) is 0 Å². The molecule has 5 nitrogen and oxygen atoms in total. The minimum absolute atomic E-state index is 0.0545. The van der Waals surface area contributed by atoms with Gasteiger partial charge in [-0.2, -0.15) is 17.0 Å². The van der Waals surface area contributed by atoms with Gasteiger partial charge in [0.05, 0.1) is 31.3 Å². The maximum Gasteiger partial charge on any atom is 0.241 e. The molecule has 0 saturated carbocycles. The number of hydrogen-bond acceptors (Lipinski definition) is 5. The molecule has 1 aromatic heterocycles. The van der Waals surface area contributed by atoms with E-state index < -0.39 is 0 Å². The minimum Gasteiger partial charge on any atom is -0.467 e. The monoisotopic (exact) mass is 279 g/mol. The molecule has 102 valence electrons. The number of nitrogens with zero attached hydrogens (tertiary/aromatic N) is 2. The minimum atomic E-state index is -0.146. The summed E-state index contributed by atoms with van der Waals surface area (Å²) in [5, 5.41) is 11.9. The second-order valence-electron chi connectivity index (χ2n) is 4.33. The maximum absolute atomic E-state index is 12.4. The summed E-state index contributed by atoms with van der Waals surface area (Å²) in [6.07, 6.45) is 1.93. The van der Waals surface area contributed by atoms with Crippen LogP contribution in [0.1, 0.15) is 12.2 Å². The van der Waals surface area contributed by atoms with E-state index in [9.17, 15) is 4.79 Å². The highest BCUT2D eigenvalue weighted by molar-refractivity contribution is 7.99. The van der Waals surface area contributed by atoms with Crippen LogP contribution in [0.4, 0.5) is 0 Å². The molecular formula is C13H17N3O2S. The summed E-state index contributed by atoms with van der Waals surface area (Å²) in [6.45, 7) is 1.73. The Balaban J connectivity index is 1.99. The largest absolute Gasteiger partial charge is 0.467 e. The summed E-state index contributed by atoms with van der Waals surface area (Å²) < 4.78 is 5.28. The molecule has 1 saturated heterocycles. The Morgan fingerprint density at radius 1 is 1.68 bits per heavy atom. The van der Waals surface area contributed by atoms with E-state index in [1.165, 1.54) is 0 Å². The molecule has 2 heterocycles. The third-order valence-electron chi connectivity index (χ3n) is 2.95. The second-order valence-corrected chi connectivity index (χ2v) is 5.48. The van der Waals surface area contributed by atoms with Crippen LogP contribution in [0, 0.1) is 11.3 Å². The topological polar surface area (TPSA) is 69.3 Å². The van der Waals surface area contributed by atoms with E-state index >= 15 is 0 Å². The van der Waals surface area contributed by atoms with Gasteiger partial charge in [0.15, 0.2) is 0 Å². The molecule has 1 aliphatic heterocycles. The number of hydrogen-bond donors (Lipinski definition) is 1. The van der Waals surface area contributed by atoms with Crippen LogP contribution in [0.3, 0.4) is 0 Å². The van der Waals surface area contributed by atoms with Gasteiger partial charge in [-0.25, -0.2) is 0 Å². The number of carbonyl (C=O) groups excluding carboxylic acids is 1. The van der Waals surface area contributed by atoms with Gasteiger partial charge in [-0.3, -0.25) is 4.79 Å². The smallest absolute Gasteiger partial charge is 0.241 e. The van der Waals surface area contributed by atoms with Crippen molar-refractivity contribution in [2.75, 3.05) is 24.6 Å². The lowest BCUT2D eigenvalue weighted by molar-refractivity contribution is -0.133. The Morgan fingerprint density at radius 3 is 3.21 bits per heavy atom. The Hall–Kier alpha value is -1.45. The SMILES string of the molecule is N#CCCN(Cc1ccco1)C(=O)C1CSCCN1. The van der Waals surface area contributed by atoms with Crippen molar-refractivity contribution in [2.45, 2.75) is 19.0 Å². The summed E-state index contributed by atoms with van der Waals surface area (Å²) in [5.74, 6) is 2.63. The summed E-state index contributed by atoms with van der Waals surface area (Å²) in [7, 11) is 0. The molecule has 0 radical (unpaired) electrons. The number of carbonyl (C=O) groups is 1. The number of thioether (sulfide) groups is 1. The van der Waals surface area contributed by atoms with E-state index in [0.29, 0.717) is 19.5 Å². The zero-order valence-electron chi connectivity index (χ0n) is 10.7. The highest BCUT2D eigenvalue weighted by Gasteiger charge is 2.26. The molecule has 1 amide bonds. The molecule has 0 aromatic carbocycles. The van der Waals surface area contributed by atoms with Crippen LogP contribution in [0.25, 0.3) is 0 Å². The van der Waals surface area contributed by atoms with Crippen molar-refractivity contribution in [3.05, 3.63) is 24.2 Å². The fourth-order valence-corrected chi connectivity index (χ4v) is 2.91. The van der Waals surface area contributed by atoms with Crippen molar-refractivity contribution in [3.8, 4) is 6.07 Å². The predicted molar refractivity (Wildman–Crippen MR) is 73.5 cm³/mol. The van der Waals surface area contributed by atoms with Crippen molar-refractivity contribution in [2.24, 2.45) is 0 Å². The lowest BCUT2D eigenvalue weighted by Crippen LogP contribution is -2.50. The fourth-order valence-electron chi connectivity index (χ4n) is 1.99. The molecule has 1 atom stereocenters. The lowest BCUT2D eigenvalue weighted by Gasteiger charge is -2.28. The summed E-state index contributed by atoms with van der Waals surface area (Å²) in [5.41, 5.74) is 0. The first kappa shape index (κ1) is 14.0. The zero-order chi connectivity index (χ0) is 13.5. The molecule has 19 heavy (non-hydrogen) atoms. The van der Waals surface area contributed by atoms with E-state index in [2.05, 4.69) is 11.4 Å². The third kappa shape index (κ3) is 4.01. The lowest BCUT2D eigenvalue weighted by atomic mass is 10.2. The molecular weight excluding hydrogens is 262 g/mol. The molecule has 1 unspecified atom stereocenters. The second kappa shape index (κ2) is 7.22. The quantitative estimate of drug-likeness (QED) is 0.878. The first-order valence-corrected chi connectivity index (χ1v) is 7.46. The Bertz CT molecular complexity index is 435. The Morgan fingerprint density at radius 2 is 2.58 bits per heavy atom. The predicted octanol–water partition coefficient (Wildman–Crippen LogP) is 1.23. The zero-order valence-corrected chi connectivity index (χ0v) is 11.5. The molecule has 0 spiro atoms. The van der Waals surface area contributed by atoms with Gasteiger partial charge >= 0.3 is 0 Å². The van der Waals surface area contributed by atoms with Crippen LogP contribution in [0.15, 0.2) is 22.8 Å². The van der Waals surface area contributed by atoms with E-state index in [0.717, 1.165) is 23.8 Å². The molecule has 1 N–H and O–H groups in total. The average Bonchev–Trinajstić information content (AvgIpc) is 2.96. The van der Waals surface area contributed by atoms with Crippen LogP contribution < -0.4 is 5.32 Å². The van der Waals surface area contributed by atoms with Gasteiger partial charge in [0.25, 0.3) is 0 Å². The van der Waals surface area contributed by atoms with E-state index in [-0.39, 0.29) is 11.9 Å². The number of furan rings is 1. The van der Waals surface area contributed by atoms with Crippen molar-refractivity contribution in [1.82, 2.24) is 10.2 Å². The summed E-state index contributed by atoms with van der Waals surface area (Å²) in [4.78, 5) is 14.1. The van der Waals surface area contributed by atoms with Gasteiger partial charge < -0.3 is 14.6 Å². The van der Waals surface area contributed by atoms with Crippen molar-refractivity contribution < 1.29 is 9.21 Å². The van der Waals surface area contributed by atoms with E-state index in [4.69, 9.17) is 9.68 Å². The van der Waals surface area contributed by atoms with Gasteiger partial charge in [-0.1, -0.05) is 0 Å². The van der Waals surface area contributed by atoms with Gasteiger partial charge in [0.1, 0.15) is 5.76 Å². The highest BCUT2D eigenvalue weighted by atomic mass is 32.2. The van der Waals surface area contributed by atoms with Crippen molar-refractivity contribution >= 4 is 17.7 Å². The Labute approximate surface area is 116 Å². The van der Waals surface area contributed by atoms with Gasteiger partial charge in [-0.15, -0.1) is 0 Å². The van der Waals surface area contributed by atoms with Crippen LogP contribution in [0.5, 0.6) is 0 Å². The number of amides is 1. The van der Waals surface area contributed by atoms with Gasteiger partial charge in [0.2, 0.25) is 5.91 Å². The molecule has 0 bridgehead atoms. The molecule has 2 rings (SSSR count). The van der Waals surface area contributed by atoms with Crippen molar-refractivity contribution in [1.29, 1.82) is 5.26 Å². The van der Waals surface area contributed by atoms with E-state index in [1.54, 1.807) is 29.0 Å². The summed E-state index contributed by atoms with van der Waals surface area (Å²) in [6, 6.07) is 5.59. The van der Waals surface area contributed by atoms with Gasteiger partial charge in [-0.05, 0) is 12.1 Å². The molecule has 1 aromatic rings. The molecule has 0 aliphatic carbocycles. The molecule has 6 heteroatoms. The standard InChI is InChI=1S/C13H17N3O2S/c14-4-2-6-16(9-11-3-1-7-18-11)13(17)12-10-19-8-5-15-12/h1,3,7,12,15H,2,5-6,8-10H2. The van der Waals surface area contributed by atoms with Crippen LogP contribution >= 0.6 is 11.8 Å². The van der Waals surface area contributed by atoms with Crippen LogP contribution in [0.2, 0.25) is 0 Å². The third-order valence-corrected chi connectivity index (χ3v) is 4.01. The number of nitriles is 1. The average molecular weight is 279 g/mol. The molecule has 1 aliphatic rings. The first-order valence-electron chi connectivity index (χ1n) is 6.30. The Kier molecular flexibility index (Phi) is 5.31. The van der Waals surface area contributed by atoms with E-state index in [1.807, 2.05) is 6.07 Å². The fraction of sp³-hybridized carbons (Fsp3) is 0.538. The summed E-state index contributed by atoms with van der Waals surface area (Å²) >= 11 is 1.78. The first-order chi connectivity index (χ1) is 9.31. The maximum atomic E-state index is 12.4. The normalized spacial score (nSPS) is 18.8. The van der Waals surface area contributed by atoms with Crippen LogP contribution in [-0.4, -0.2) is 41.4 Å². The number of nitrogens with one attached hydrogen (secondary N) is 1.